The number of benzene rings is 2. The lowest BCUT2D eigenvalue weighted by Gasteiger charge is -2.13. The Morgan fingerprint density at radius 2 is 1.69 bits per heavy atom. The third kappa shape index (κ3) is 3.09. The molecule has 26 heavy (non-hydrogen) atoms. The van der Waals surface area contributed by atoms with Crippen LogP contribution in [0.2, 0.25) is 5.02 Å². The largest absolute Gasteiger partial charge is 0.493 e. The maximum absolute atomic E-state index is 12.8. The summed E-state index contributed by atoms with van der Waals surface area (Å²) in [6.07, 6.45) is 0. The molecular weight excluding hydrogens is 360 g/mol. The molecule has 7 nitrogen and oxygen atoms in total. The average molecular weight is 375 g/mol. The van der Waals surface area contributed by atoms with Crippen molar-refractivity contribution in [1.82, 2.24) is 9.97 Å². The molecule has 0 saturated heterocycles. The van der Waals surface area contributed by atoms with Gasteiger partial charge in [-0.05, 0) is 30.3 Å². The van der Waals surface area contributed by atoms with Crippen molar-refractivity contribution in [3.8, 4) is 17.2 Å². The number of fused-ring (bicyclic) bond motifs is 1. The van der Waals surface area contributed by atoms with E-state index in [1.807, 2.05) is 0 Å². The van der Waals surface area contributed by atoms with Crippen molar-refractivity contribution in [2.24, 2.45) is 0 Å². The second-order valence-corrected chi connectivity index (χ2v) is 5.76. The van der Waals surface area contributed by atoms with Gasteiger partial charge in [-0.25, -0.2) is 4.98 Å². The van der Waals surface area contributed by atoms with Gasteiger partial charge in [-0.15, -0.1) is 0 Å². The molecule has 0 bridgehead atoms. The number of halogens is 1. The third-order valence-corrected chi connectivity index (χ3v) is 4.05. The molecule has 0 aliphatic heterocycles. The number of hydrogen-bond donors (Lipinski definition) is 1. The second-order valence-electron chi connectivity index (χ2n) is 5.32. The van der Waals surface area contributed by atoms with Gasteiger partial charge < -0.3 is 19.2 Å². The van der Waals surface area contributed by atoms with E-state index in [-0.39, 0.29) is 11.4 Å². The van der Waals surface area contributed by atoms with E-state index < -0.39 is 11.3 Å². The number of H-pyrrole nitrogens is 1. The summed E-state index contributed by atoms with van der Waals surface area (Å²) in [6, 6.07) is 7.65. The zero-order valence-electron chi connectivity index (χ0n) is 14.3. The van der Waals surface area contributed by atoms with E-state index in [1.54, 1.807) is 12.1 Å². The number of hydrogen-bond acceptors (Lipinski definition) is 6. The maximum Gasteiger partial charge on any atom is 0.259 e. The first-order valence-electron chi connectivity index (χ1n) is 7.52. The van der Waals surface area contributed by atoms with E-state index in [0.717, 1.165) is 0 Å². The molecule has 0 saturated carbocycles. The summed E-state index contributed by atoms with van der Waals surface area (Å²) in [5.41, 5.74) is 0.128. The second kappa shape index (κ2) is 7.05. The molecule has 1 heterocycles. The molecule has 1 N–H and O–H groups in total. The van der Waals surface area contributed by atoms with Gasteiger partial charge in [0, 0.05) is 10.6 Å². The summed E-state index contributed by atoms with van der Waals surface area (Å²) in [6.45, 7) is 0. The fraction of sp³-hybridized carbons (Fsp3) is 0.167. The highest BCUT2D eigenvalue weighted by molar-refractivity contribution is 6.31. The van der Waals surface area contributed by atoms with Gasteiger partial charge in [0.25, 0.3) is 5.56 Å². The van der Waals surface area contributed by atoms with Crippen LogP contribution in [0.5, 0.6) is 17.2 Å². The zero-order chi connectivity index (χ0) is 18.8. The van der Waals surface area contributed by atoms with E-state index in [0.29, 0.717) is 33.2 Å². The highest BCUT2D eigenvalue weighted by Crippen LogP contribution is 2.38. The zero-order valence-corrected chi connectivity index (χ0v) is 15.0. The summed E-state index contributed by atoms with van der Waals surface area (Å²) in [5.74, 6) is 0.392. The Kier molecular flexibility index (Phi) is 4.81. The lowest BCUT2D eigenvalue weighted by molar-refractivity contribution is 0.102. The summed E-state index contributed by atoms with van der Waals surface area (Å²) in [5, 5.41) is 0.762. The topological polar surface area (TPSA) is 90.5 Å². The van der Waals surface area contributed by atoms with E-state index in [4.69, 9.17) is 25.8 Å². The Morgan fingerprint density at radius 3 is 2.27 bits per heavy atom. The first kappa shape index (κ1) is 17.8. The van der Waals surface area contributed by atoms with Gasteiger partial charge in [-0.1, -0.05) is 11.6 Å². The number of carbonyl (C=O) groups excluding carboxylic acids is 1. The molecule has 0 fully saturated rings. The normalized spacial score (nSPS) is 10.6. The smallest absolute Gasteiger partial charge is 0.259 e. The Bertz CT molecular complexity index is 1040. The van der Waals surface area contributed by atoms with Gasteiger partial charge in [-0.2, -0.15) is 0 Å². The van der Waals surface area contributed by atoms with Gasteiger partial charge >= 0.3 is 0 Å². The average Bonchev–Trinajstić information content (AvgIpc) is 2.65. The van der Waals surface area contributed by atoms with Crippen LogP contribution in [0.25, 0.3) is 10.9 Å². The lowest BCUT2D eigenvalue weighted by Crippen LogP contribution is -2.17. The van der Waals surface area contributed by atoms with Crippen molar-refractivity contribution < 1.29 is 19.0 Å². The van der Waals surface area contributed by atoms with Crippen molar-refractivity contribution in [2.75, 3.05) is 21.3 Å². The third-order valence-electron chi connectivity index (χ3n) is 3.81. The molecule has 0 spiro atoms. The molecule has 0 amide bonds. The molecule has 3 aromatic rings. The summed E-state index contributed by atoms with van der Waals surface area (Å²) in [4.78, 5) is 31.8. The van der Waals surface area contributed by atoms with Crippen LogP contribution in [0, 0.1) is 0 Å². The highest BCUT2D eigenvalue weighted by atomic mass is 35.5. The van der Waals surface area contributed by atoms with Crippen molar-refractivity contribution in [1.29, 1.82) is 0 Å². The van der Waals surface area contributed by atoms with Crippen LogP contribution >= 0.6 is 11.6 Å². The number of nitrogens with one attached hydrogen (secondary N) is 1. The molecule has 0 atom stereocenters. The fourth-order valence-corrected chi connectivity index (χ4v) is 2.74. The molecule has 3 rings (SSSR count). The lowest BCUT2D eigenvalue weighted by atomic mass is 10.1. The number of aromatic amines is 1. The van der Waals surface area contributed by atoms with Crippen LogP contribution in [0.1, 0.15) is 16.2 Å². The number of methoxy groups -OCH3 is 3. The SMILES string of the molecule is COc1cc(C(=O)c2nc3cc(Cl)ccc3c(=O)[nH]2)cc(OC)c1OC. The number of carbonyl (C=O) groups is 1. The first-order valence-corrected chi connectivity index (χ1v) is 7.90. The summed E-state index contributed by atoms with van der Waals surface area (Å²) in [7, 11) is 4.36. The van der Waals surface area contributed by atoms with Gasteiger partial charge in [0.05, 0.1) is 32.2 Å². The molecule has 0 radical (unpaired) electrons. The van der Waals surface area contributed by atoms with Crippen LogP contribution in [0.3, 0.4) is 0 Å². The Morgan fingerprint density at radius 1 is 1.04 bits per heavy atom. The Balaban J connectivity index is 2.15. The molecule has 8 heteroatoms. The monoisotopic (exact) mass is 374 g/mol. The molecule has 2 aromatic carbocycles. The van der Waals surface area contributed by atoms with Crippen molar-refractivity contribution in [3.05, 3.63) is 57.1 Å². The number of ketones is 1. The molecular formula is C18H15ClN2O5. The van der Waals surface area contributed by atoms with E-state index in [1.165, 1.54) is 39.5 Å². The minimum atomic E-state index is -0.497. The summed E-state index contributed by atoms with van der Waals surface area (Å²) >= 11 is 5.95. The minimum absolute atomic E-state index is 0.112. The molecule has 134 valence electrons. The van der Waals surface area contributed by atoms with E-state index >= 15 is 0 Å². The quantitative estimate of drug-likeness (QED) is 0.690. The van der Waals surface area contributed by atoms with Gasteiger partial charge in [0.2, 0.25) is 11.5 Å². The predicted molar refractivity (Wildman–Crippen MR) is 96.9 cm³/mol. The first-order chi connectivity index (χ1) is 12.5. The van der Waals surface area contributed by atoms with Gasteiger partial charge in [0.15, 0.2) is 17.3 Å². The molecule has 1 aromatic heterocycles. The van der Waals surface area contributed by atoms with E-state index in [2.05, 4.69) is 9.97 Å². The van der Waals surface area contributed by atoms with Crippen LogP contribution < -0.4 is 19.8 Å². The standard InChI is InChI=1S/C18H15ClN2O5/c1-24-13-6-9(7-14(25-2)16(13)26-3)15(22)17-20-12-8-10(19)4-5-11(12)18(23)21-17/h4-8H,1-3H3,(H,20,21,23). The number of ether oxygens (including phenoxy) is 3. The highest BCUT2D eigenvalue weighted by Gasteiger charge is 2.20. The predicted octanol–water partition coefficient (Wildman–Crippen LogP) is 2.83. The molecule has 0 aliphatic carbocycles. The minimum Gasteiger partial charge on any atom is -0.493 e. The van der Waals surface area contributed by atoms with Crippen molar-refractivity contribution >= 4 is 28.3 Å². The number of nitrogens with zero attached hydrogens (tertiary/aromatic N) is 1. The van der Waals surface area contributed by atoms with Gasteiger partial charge in [-0.3, -0.25) is 9.59 Å². The van der Waals surface area contributed by atoms with Crippen LogP contribution in [-0.2, 0) is 0 Å². The Hall–Kier alpha value is -3.06. The van der Waals surface area contributed by atoms with Crippen LogP contribution in [0.4, 0.5) is 0 Å². The number of rotatable bonds is 5. The Labute approximate surface area is 153 Å². The van der Waals surface area contributed by atoms with Crippen molar-refractivity contribution in [2.45, 2.75) is 0 Å². The summed E-state index contributed by atoms with van der Waals surface area (Å²) < 4.78 is 15.7. The van der Waals surface area contributed by atoms with E-state index in [9.17, 15) is 9.59 Å². The van der Waals surface area contributed by atoms with Crippen LogP contribution in [-0.4, -0.2) is 37.1 Å². The molecule has 0 unspecified atom stereocenters. The maximum atomic E-state index is 12.8. The fourth-order valence-electron chi connectivity index (χ4n) is 2.57. The molecule has 0 aliphatic rings. The van der Waals surface area contributed by atoms with Crippen molar-refractivity contribution in [3.63, 3.8) is 0 Å². The number of aromatic nitrogens is 2. The van der Waals surface area contributed by atoms with Gasteiger partial charge in [0.1, 0.15) is 0 Å². The van der Waals surface area contributed by atoms with Crippen LogP contribution in [0.15, 0.2) is 35.1 Å².